The minimum Gasteiger partial charge on any atom is -0.478 e. The number of aromatic carboxylic acids is 1. The van der Waals surface area contributed by atoms with Crippen LogP contribution in [0.1, 0.15) is 54.6 Å². The SMILES string of the molecule is O=C(O)c1cc2ccccc2nc1C12CC3CC(CC(C3)C1)C2. The van der Waals surface area contributed by atoms with E-state index >= 15 is 0 Å². The van der Waals surface area contributed by atoms with Crippen molar-refractivity contribution < 1.29 is 9.90 Å². The van der Waals surface area contributed by atoms with E-state index < -0.39 is 5.97 Å². The first-order valence-electron chi connectivity index (χ1n) is 8.76. The summed E-state index contributed by atoms with van der Waals surface area (Å²) in [5, 5.41) is 10.7. The molecule has 118 valence electrons. The van der Waals surface area contributed by atoms with Crippen LogP contribution in [-0.4, -0.2) is 16.1 Å². The summed E-state index contributed by atoms with van der Waals surface area (Å²) in [6, 6.07) is 9.74. The quantitative estimate of drug-likeness (QED) is 0.894. The minimum absolute atomic E-state index is 0.0203. The second-order valence-electron chi connectivity index (χ2n) is 8.08. The molecule has 4 aliphatic carbocycles. The molecule has 4 bridgehead atoms. The van der Waals surface area contributed by atoms with E-state index in [1.54, 1.807) is 0 Å². The summed E-state index contributed by atoms with van der Waals surface area (Å²) in [4.78, 5) is 16.8. The average Bonchev–Trinajstić information content (AvgIpc) is 2.52. The van der Waals surface area contributed by atoms with Gasteiger partial charge in [-0.15, -0.1) is 0 Å². The maximum atomic E-state index is 11.9. The number of carboxylic acid groups (broad SMARTS) is 1. The van der Waals surface area contributed by atoms with Crippen LogP contribution >= 0.6 is 0 Å². The number of para-hydroxylation sites is 1. The molecule has 0 aliphatic heterocycles. The predicted molar refractivity (Wildman–Crippen MR) is 88.6 cm³/mol. The number of carboxylic acids is 1. The molecule has 0 radical (unpaired) electrons. The highest BCUT2D eigenvalue weighted by molar-refractivity contribution is 5.94. The lowest BCUT2D eigenvalue weighted by Crippen LogP contribution is -2.49. The Morgan fingerprint density at radius 3 is 2.26 bits per heavy atom. The number of nitrogens with zero attached hydrogens (tertiary/aromatic N) is 1. The minimum atomic E-state index is -0.825. The van der Waals surface area contributed by atoms with E-state index in [-0.39, 0.29) is 5.41 Å². The van der Waals surface area contributed by atoms with Gasteiger partial charge in [-0.1, -0.05) is 18.2 Å². The highest BCUT2D eigenvalue weighted by atomic mass is 16.4. The first-order valence-corrected chi connectivity index (χ1v) is 8.76. The summed E-state index contributed by atoms with van der Waals surface area (Å²) < 4.78 is 0. The number of fused-ring (bicyclic) bond motifs is 1. The number of pyridine rings is 1. The van der Waals surface area contributed by atoms with E-state index in [1.165, 1.54) is 19.3 Å². The van der Waals surface area contributed by atoms with Crippen LogP contribution < -0.4 is 0 Å². The van der Waals surface area contributed by atoms with Crippen molar-refractivity contribution in [1.82, 2.24) is 4.98 Å². The van der Waals surface area contributed by atoms with Gasteiger partial charge in [0.05, 0.1) is 16.8 Å². The molecule has 0 spiro atoms. The Hall–Kier alpha value is -1.90. The van der Waals surface area contributed by atoms with Crippen molar-refractivity contribution in [2.24, 2.45) is 17.8 Å². The third-order valence-corrected chi connectivity index (χ3v) is 6.49. The highest BCUT2D eigenvalue weighted by Crippen LogP contribution is 2.60. The van der Waals surface area contributed by atoms with Gasteiger partial charge in [0.15, 0.2) is 0 Å². The van der Waals surface area contributed by atoms with Gasteiger partial charge in [0.2, 0.25) is 0 Å². The summed E-state index contributed by atoms with van der Waals surface area (Å²) in [7, 11) is 0. The highest BCUT2D eigenvalue weighted by Gasteiger charge is 2.53. The third-order valence-electron chi connectivity index (χ3n) is 6.49. The fraction of sp³-hybridized carbons (Fsp3) is 0.500. The molecule has 0 unspecified atom stereocenters. The second-order valence-corrected chi connectivity index (χ2v) is 8.08. The van der Waals surface area contributed by atoms with Crippen molar-refractivity contribution in [3.05, 3.63) is 41.6 Å². The monoisotopic (exact) mass is 307 g/mol. The van der Waals surface area contributed by atoms with Gasteiger partial charge in [-0.2, -0.15) is 0 Å². The van der Waals surface area contributed by atoms with Gasteiger partial charge in [-0.05, 0) is 68.4 Å². The topological polar surface area (TPSA) is 50.2 Å². The second kappa shape index (κ2) is 4.56. The molecule has 1 aromatic carbocycles. The van der Waals surface area contributed by atoms with Crippen LogP contribution in [0.25, 0.3) is 10.9 Å². The number of carbonyl (C=O) groups is 1. The van der Waals surface area contributed by atoms with Crippen LogP contribution in [-0.2, 0) is 5.41 Å². The fourth-order valence-corrected chi connectivity index (χ4v) is 6.08. The Bertz CT molecular complexity index is 775. The summed E-state index contributed by atoms with van der Waals surface area (Å²) >= 11 is 0. The van der Waals surface area contributed by atoms with Gasteiger partial charge in [-0.25, -0.2) is 4.79 Å². The van der Waals surface area contributed by atoms with E-state index in [9.17, 15) is 9.90 Å². The Balaban J connectivity index is 1.72. The van der Waals surface area contributed by atoms with Gasteiger partial charge < -0.3 is 5.11 Å². The third kappa shape index (κ3) is 1.95. The zero-order valence-electron chi connectivity index (χ0n) is 13.2. The predicted octanol–water partition coefficient (Wildman–Crippen LogP) is 4.40. The van der Waals surface area contributed by atoms with Gasteiger partial charge in [-0.3, -0.25) is 4.98 Å². The molecule has 4 saturated carbocycles. The lowest BCUT2D eigenvalue weighted by molar-refractivity contribution is -0.00772. The van der Waals surface area contributed by atoms with Crippen LogP contribution in [0.4, 0.5) is 0 Å². The Kier molecular flexibility index (Phi) is 2.68. The van der Waals surface area contributed by atoms with Crippen molar-refractivity contribution in [2.75, 3.05) is 0 Å². The van der Waals surface area contributed by atoms with E-state index in [2.05, 4.69) is 0 Å². The summed E-state index contributed by atoms with van der Waals surface area (Å²) in [5.74, 6) is 1.54. The van der Waals surface area contributed by atoms with Crippen molar-refractivity contribution in [3.63, 3.8) is 0 Å². The van der Waals surface area contributed by atoms with Crippen molar-refractivity contribution in [3.8, 4) is 0 Å². The van der Waals surface area contributed by atoms with Crippen LogP contribution in [0.15, 0.2) is 30.3 Å². The van der Waals surface area contributed by atoms with Crippen LogP contribution in [0.3, 0.4) is 0 Å². The van der Waals surface area contributed by atoms with Crippen LogP contribution in [0, 0.1) is 17.8 Å². The first kappa shape index (κ1) is 13.5. The fourth-order valence-electron chi connectivity index (χ4n) is 6.08. The lowest BCUT2D eigenvalue weighted by atomic mass is 9.48. The van der Waals surface area contributed by atoms with Gasteiger partial charge >= 0.3 is 5.97 Å². The maximum absolute atomic E-state index is 11.9. The summed E-state index contributed by atoms with van der Waals surface area (Å²) in [5.41, 5.74) is 2.27. The van der Waals surface area contributed by atoms with Gasteiger partial charge in [0.25, 0.3) is 0 Å². The lowest BCUT2D eigenvalue weighted by Gasteiger charge is -2.56. The molecular formula is C20H21NO2. The molecule has 0 amide bonds. The standard InChI is InChI=1S/C20H21NO2/c22-19(23)16-8-15-3-1-2-4-17(15)21-18(16)20-9-12-5-13(10-20)7-14(6-12)11-20/h1-4,8,12-14H,5-7,9-11H2,(H,22,23). The van der Waals surface area contributed by atoms with Gasteiger partial charge in [0.1, 0.15) is 0 Å². The molecule has 4 fully saturated rings. The Morgan fingerprint density at radius 1 is 1.04 bits per heavy atom. The molecular weight excluding hydrogens is 286 g/mol. The van der Waals surface area contributed by atoms with Gasteiger partial charge in [0, 0.05) is 10.8 Å². The number of benzene rings is 1. The van der Waals surface area contributed by atoms with E-state index in [0.717, 1.165) is 53.6 Å². The molecule has 0 atom stereocenters. The van der Waals surface area contributed by atoms with E-state index in [1.807, 2.05) is 30.3 Å². The number of aromatic nitrogens is 1. The number of hydrogen-bond acceptors (Lipinski definition) is 2. The normalized spacial score (nSPS) is 34.9. The Morgan fingerprint density at radius 2 is 1.65 bits per heavy atom. The smallest absolute Gasteiger partial charge is 0.337 e. The van der Waals surface area contributed by atoms with Crippen molar-refractivity contribution in [2.45, 2.75) is 43.9 Å². The molecule has 2 aromatic rings. The molecule has 1 heterocycles. The maximum Gasteiger partial charge on any atom is 0.337 e. The molecule has 6 rings (SSSR count). The molecule has 1 N–H and O–H groups in total. The Labute approximate surface area is 135 Å². The number of rotatable bonds is 2. The van der Waals surface area contributed by atoms with Crippen molar-refractivity contribution >= 4 is 16.9 Å². The van der Waals surface area contributed by atoms with Crippen molar-refractivity contribution in [1.29, 1.82) is 0 Å². The van der Waals surface area contributed by atoms with Crippen LogP contribution in [0.5, 0.6) is 0 Å². The van der Waals surface area contributed by atoms with E-state index in [0.29, 0.717) is 5.56 Å². The largest absolute Gasteiger partial charge is 0.478 e. The van der Waals surface area contributed by atoms with E-state index in [4.69, 9.17) is 4.98 Å². The van der Waals surface area contributed by atoms with Crippen LogP contribution in [0.2, 0.25) is 0 Å². The first-order chi connectivity index (χ1) is 11.1. The molecule has 3 nitrogen and oxygen atoms in total. The molecule has 0 saturated heterocycles. The average molecular weight is 307 g/mol. The zero-order valence-corrected chi connectivity index (χ0v) is 13.2. The molecule has 1 aromatic heterocycles. The summed E-state index contributed by atoms with van der Waals surface area (Å²) in [6.07, 6.45) is 7.50. The zero-order chi connectivity index (χ0) is 15.6. The molecule has 3 heteroatoms. The molecule has 23 heavy (non-hydrogen) atoms. The summed E-state index contributed by atoms with van der Waals surface area (Å²) in [6.45, 7) is 0. The molecule has 4 aliphatic rings. The number of hydrogen-bond donors (Lipinski definition) is 1.